The van der Waals surface area contributed by atoms with Crippen LogP contribution in [0.2, 0.25) is 0 Å². The van der Waals surface area contributed by atoms with Gasteiger partial charge in [-0.1, -0.05) is 17.1 Å². The van der Waals surface area contributed by atoms with E-state index in [1.54, 1.807) is 30.6 Å². The van der Waals surface area contributed by atoms with Crippen LogP contribution in [0.15, 0.2) is 47.6 Å². The van der Waals surface area contributed by atoms with Gasteiger partial charge in [0.2, 0.25) is 5.88 Å². The lowest BCUT2D eigenvalue weighted by molar-refractivity contribution is -0.190. The average Bonchev–Trinajstić information content (AvgIpc) is 3.56. The maximum atomic E-state index is 13.9. The van der Waals surface area contributed by atoms with Gasteiger partial charge < -0.3 is 15.0 Å². The van der Waals surface area contributed by atoms with Crippen molar-refractivity contribution in [2.75, 3.05) is 29.9 Å². The highest BCUT2D eigenvalue weighted by Gasteiger charge is 2.62. The fraction of sp³-hybridized carbons (Fsp3) is 0.531. The van der Waals surface area contributed by atoms with Crippen LogP contribution in [0.3, 0.4) is 0 Å². The standard InChI is InChI=1S/C32H40F3N7O2S/c1-4-45-23-8-10-25(37-20-23)36-16-6-5-7-22-19-30(2,3)41(21-22)28-24(29(43)40-45)9-11-26(38-28)42-17-12-27(39-42)44-18-15-31(13-14-31)32(33,34)35/h4,8-12,17,20,22H,5-7,13-16,18-19,21H2,1-3H3,(H,36,37)(H,40,43). The monoisotopic (exact) mass is 643 g/mol. The number of nitrogens with zero attached hydrogens (tertiary/aromatic N) is 5. The molecule has 3 aromatic rings. The first-order chi connectivity index (χ1) is 21.5. The van der Waals surface area contributed by atoms with E-state index in [0.717, 1.165) is 49.5 Å². The Balaban J connectivity index is 1.29. The zero-order valence-corrected chi connectivity index (χ0v) is 26.7. The Kier molecular flexibility index (Phi) is 8.57. The smallest absolute Gasteiger partial charge is 0.394 e. The van der Waals surface area contributed by atoms with Gasteiger partial charge in [-0.05, 0) is 94.8 Å². The Bertz CT molecular complexity index is 1570. The van der Waals surface area contributed by atoms with Gasteiger partial charge in [-0.2, -0.15) is 13.2 Å². The largest absolute Gasteiger partial charge is 0.477 e. The molecule has 3 aromatic heterocycles. The lowest BCUT2D eigenvalue weighted by Crippen LogP contribution is -2.40. The molecule has 45 heavy (non-hydrogen) atoms. The van der Waals surface area contributed by atoms with Crippen LogP contribution in [-0.4, -0.2) is 62.4 Å². The SMILES string of the molecule is C/C=S1/NC(=O)c2ccc(-n3ccc(OCCC4(C(F)(F)F)CC4)n3)nc2N2CC(CCCCNc3ccc1cn3)CC2(C)C. The fourth-order valence-electron chi connectivity index (χ4n) is 6.39. The summed E-state index contributed by atoms with van der Waals surface area (Å²) in [5, 5.41) is 9.81. The van der Waals surface area contributed by atoms with E-state index in [0.29, 0.717) is 23.1 Å². The first kappa shape index (κ1) is 31.4. The summed E-state index contributed by atoms with van der Waals surface area (Å²) in [6, 6.07) is 9.06. The predicted octanol–water partition coefficient (Wildman–Crippen LogP) is 6.77. The van der Waals surface area contributed by atoms with Crippen molar-refractivity contribution in [1.82, 2.24) is 24.5 Å². The number of fused-ring (bicyclic) bond motifs is 8. The Hall–Kier alpha value is -3.61. The third kappa shape index (κ3) is 6.68. The first-order valence-corrected chi connectivity index (χ1v) is 16.8. The Labute approximate surface area is 264 Å². The van der Waals surface area contributed by atoms with Gasteiger partial charge >= 0.3 is 6.18 Å². The molecule has 1 amide bonds. The number of hydrogen-bond donors (Lipinski definition) is 2. The number of rotatable bonds is 5. The molecule has 0 aromatic carbocycles. The maximum Gasteiger partial charge on any atom is 0.394 e. The van der Waals surface area contributed by atoms with Crippen molar-refractivity contribution in [1.29, 1.82) is 0 Å². The van der Waals surface area contributed by atoms with E-state index in [1.165, 1.54) is 4.68 Å². The minimum Gasteiger partial charge on any atom is -0.477 e. The quantitative estimate of drug-likeness (QED) is 0.296. The number of halogens is 3. The van der Waals surface area contributed by atoms with Gasteiger partial charge in [-0.3, -0.25) is 9.52 Å². The van der Waals surface area contributed by atoms with Crippen LogP contribution >= 0.6 is 10.7 Å². The molecule has 1 saturated carbocycles. The van der Waals surface area contributed by atoms with Crippen molar-refractivity contribution in [3.05, 3.63) is 48.3 Å². The van der Waals surface area contributed by atoms with E-state index >= 15 is 0 Å². The molecule has 3 aliphatic heterocycles. The summed E-state index contributed by atoms with van der Waals surface area (Å²) < 4.78 is 50.3. The Morgan fingerprint density at radius 2 is 1.98 bits per heavy atom. The molecule has 4 aliphatic rings. The van der Waals surface area contributed by atoms with Crippen LogP contribution in [0.1, 0.15) is 76.1 Å². The molecule has 1 aliphatic carbocycles. The van der Waals surface area contributed by atoms with E-state index < -0.39 is 22.3 Å². The Morgan fingerprint density at radius 3 is 2.69 bits per heavy atom. The second-order valence-electron chi connectivity index (χ2n) is 12.8. The molecular weight excluding hydrogens is 603 g/mol. The highest BCUT2D eigenvalue weighted by molar-refractivity contribution is 8.13. The molecule has 242 valence electrons. The fourth-order valence-corrected chi connectivity index (χ4v) is 7.59. The minimum absolute atomic E-state index is 0.0671. The number of carbonyl (C=O) groups is 1. The van der Waals surface area contributed by atoms with Gasteiger partial charge in [0, 0.05) is 42.0 Å². The van der Waals surface area contributed by atoms with Crippen LogP contribution in [-0.2, 0) is 0 Å². The van der Waals surface area contributed by atoms with Crippen molar-refractivity contribution in [3.8, 4) is 11.7 Å². The van der Waals surface area contributed by atoms with Crippen molar-refractivity contribution < 1.29 is 22.7 Å². The summed E-state index contributed by atoms with van der Waals surface area (Å²) in [6.45, 7) is 7.85. The minimum atomic E-state index is -4.21. The molecular formula is C32H40F3N7O2S. The van der Waals surface area contributed by atoms with Crippen molar-refractivity contribution in [2.45, 2.75) is 82.3 Å². The predicted molar refractivity (Wildman–Crippen MR) is 170 cm³/mol. The summed E-state index contributed by atoms with van der Waals surface area (Å²) >= 11 is 0. The molecule has 1 saturated heterocycles. The molecule has 2 unspecified atom stereocenters. The molecule has 6 heterocycles. The van der Waals surface area contributed by atoms with E-state index in [-0.39, 0.29) is 43.2 Å². The van der Waals surface area contributed by atoms with E-state index in [2.05, 4.69) is 38.9 Å². The molecule has 9 nitrogen and oxygen atoms in total. The number of anilines is 2. The molecule has 2 N–H and O–H groups in total. The molecule has 0 radical (unpaired) electrons. The number of aromatic nitrogens is 4. The molecule has 7 rings (SSSR count). The van der Waals surface area contributed by atoms with Crippen molar-refractivity contribution in [3.63, 3.8) is 0 Å². The number of alkyl halides is 3. The van der Waals surface area contributed by atoms with Gasteiger partial charge in [0.15, 0.2) is 5.82 Å². The Morgan fingerprint density at radius 1 is 1.16 bits per heavy atom. The molecule has 13 heteroatoms. The molecule has 4 bridgehead atoms. The number of hydrogen-bond acceptors (Lipinski definition) is 7. The van der Waals surface area contributed by atoms with Gasteiger partial charge in [-0.25, -0.2) is 14.6 Å². The molecule has 0 spiro atoms. The first-order valence-electron chi connectivity index (χ1n) is 15.6. The lowest BCUT2D eigenvalue weighted by atomic mass is 9.93. The average molecular weight is 644 g/mol. The maximum absolute atomic E-state index is 13.9. The second kappa shape index (κ2) is 12.3. The number of pyridine rings is 2. The highest BCUT2D eigenvalue weighted by atomic mass is 32.2. The lowest BCUT2D eigenvalue weighted by Gasteiger charge is -2.34. The van der Waals surface area contributed by atoms with Crippen LogP contribution in [0.4, 0.5) is 24.8 Å². The number of nitrogens with one attached hydrogen (secondary N) is 2. The van der Waals surface area contributed by atoms with Gasteiger partial charge in [0.1, 0.15) is 11.6 Å². The van der Waals surface area contributed by atoms with Crippen LogP contribution in [0.5, 0.6) is 5.88 Å². The number of amides is 1. The van der Waals surface area contributed by atoms with Crippen molar-refractivity contribution >= 4 is 33.6 Å². The summed E-state index contributed by atoms with van der Waals surface area (Å²) in [5.74, 6) is 2.33. The number of ether oxygens (including phenoxy) is 1. The summed E-state index contributed by atoms with van der Waals surface area (Å²) in [4.78, 5) is 26.6. The van der Waals surface area contributed by atoms with E-state index in [4.69, 9.17) is 9.72 Å². The van der Waals surface area contributed by atoms with E-state index in [9.17, 15) is 18.0 Å². The van der Waals surface area contributed by atoms with Gasteiger partial charge in [0.05, 0.1) is 17.6 Å². The normalized spacial score (nSPS) is 22.8. The highest BCUT2D eigenvalue weighted by Crippen LogP contribution is 2.59. The third-order valence-electron chi connectivity index (χ3n) is 9.18. The third-order valence-corrected chi connectivity index (χ3v) is 10.8. The number of carbonyl (C=O) groups excluding carboxylic acids is 1. The second-order valence-corrected chi connectivity index (χ2v) is 14.6. The zero-order valence-electron chi connectivity index (χ0n) is 25.9. The molecule has 2 atom stereocenters. The zero-order chi connectivity index (χ0) is 31.8. The topological polar surface area (TPSA) is 97.2 Å². The summed E-state index contributed by atoms with van der Waals surface area (Å²) in [7, 11) is -0.678. The van der Waals surface area contributed by atoms with E-state index in [1.807, 2.05) is 24.4 Å². The summed E-state index contributed by atoms with van der Waals surface area (Å²) in [5.41, 5.74) is -1.39. The van der Waals surface area contributed by atoms with Gasteiger partial charge in [0.25, 0.3) is 5.91 Å². The summed E-state index contributed by atoms with van der Waals surface area (Å²) in [6.07, 6.45) is 3.61. The van der Waals surface area contributed by atoms with Crippen LogP contribution < -0.4 is 19.7 Å². The van der Waals surface area contributed by atoms with Crippen molar-refractivity contribution in [2.24, 2.45) is 11.3 Å². The van der Waals surface area contributed by atoms with Gasteiger partial charge in [-0.15, -0.1) is 5.10 Å². The van der Waals surface area contributed by atoms with Crippen LogP contribution in [0.25, 0.3) is 5.82 Å². The molecule has 2 fully saturated rings. The van der Waals surface area contributed by atoms with Crippen LogP contribution in [0, 0.1) is 11.3 Å².